The highest BCUT2D eigenvalue weighted by Crippen LogP contribution is 2.36. The van der Waals surface area contributed by atoms with Crippen molar-refractivity contribution < 1.29 is 18.5 Å². The Morgan fingerprint density at radius 1 is 1.09 bits per heavy atom. The third-order valence-electron chi connectivity index (χ3n) is 8.31. The topological polar surface area (TPSA) is 147 Å². The number of carbonyl (C=O) groups is 1. The van der Waals surface area contributed by atoms with Gasteiger partial charge in [0.25, 0.3) is 5.69 Å². The van der Waals surface area contributed by atoms with Gasteiger partial charge in [-0.3, -0.25) is 14.9 Å². The minimum absolute atomic E-state index is 0.0299. The van der Waals surface area contributed by atoms with Gasteiger partial charge in [0, 0.05) is 50.4 Å². The summed E-state index contributed by atoms with van der Waals surface area (Å²) >= 11 is 0. The summed E-state index contributed by atoms with van der Waals surface area (Å²) in [5.74, 6) is -0.624. The van der Waals surface area contributed by atoms with Crippen LogP contribution >= 0.6 is 0 Å². The van der Waals surface area contributed by atoms with Gasteiger partial charge in [0.15, 0.2) is 11.5 Å². The van der Waals surface area contributed by atoms with Gasteiger partial charge in [-0.15, -0.1) is 0 Å². The number of anilines is 3. The van der Waals surface area contributed by atoms with E-state index in [-0.39, 0.29) is 23.3 Å². The number of nitrogens with zero attached hydrogens (tertiary/aromatic N) is 8. The van der Waals surface area contributed by atoms with Crippen LogP contribution in [0.3, 0.4) is 0 Å². The van der Waals surface area contributed by atoms with Gasteiger partial charge in [-0.2, -0.15) is 5.10 Å². The number of benzene rings is 2. The highest BCUT2D eigenvalue weighted by atomic mass is 19.1. The lowest BCUT2D eigenvalue weighted by Gasteiger charge is -2.29. The van der Waals surface area contributed by atoms with Gasteiger partial charge < -0.3 is 20.4 Å². The van der Waals surface area contributed by atoms with E-state index in [2.05, 4.69) is 25.7 Å². The van der Waals surface area contributed by atoms with E-state index in [9.17, 15) is 23.7 Å². The number of hydrogen-bond acceptors (Lipinski definition) is 10. The predicted molar refractivity (Wildman–Crippen MR) is 167 cm³/mol. The lowest BCUT2D eigenvalue weighted by molar-refractivity contribution is -0.383. The maximum atomic E-state index is 14.7. The standard InChI is InChI=1S/C31H28F2N10O3/c1-40-12-4-11-34-28-20(5-2-7-25(28)43(45)46)23-6-3-8-27(39-23)38-19-14-26(31(40)44)41(16-19)29-21-15-37-42(30(21)36-17-35-29)24-10-9-18(32)13-22(24)33/h2-3,5-10,13,15,17,19,26,34H,4,11-12,14,16H2,1H3,(H,38,39)/t19-,26-/m0/s1. The summed E-state index contributed by atoms with van der Waals surface area (Å²) in [6.07, 6.45) is 3.81. The van der Waals surface area contributed by atoms with Crippen molar-refractivity contribution in [3.63, 3.8) is 0 Å². The zero-order chi connectivity index (χ0) is 31.9. The Labute approximate surface area is 261 Å². The number of carbonyl (C=O) groups excluding carboxylic acids is 1. The summed E-state index contributed by atoms with van der Waals surface area (Å²) < 4.78 is 29.6. The lowest BCUT2D eigenvalue weighted by Crippen LogP contribution is -2.45. The molecule has 4 bridgehead atoms. The number of hydrogen-bond donors (Lipinski definition) is 2. The number of para-hydroxylation sites is 1. The minimum atomic E-state index is -0.792. The lowest BCUT2D eigenvalue weighted by atomic mass is 10.1. The van der Waals surface area contributed by atoms with Gasteiger partial charge in [-0.25, -0.2) is 28.4 Å². The maximum Gasteiger partial charge on any atom is 0.293 e. The monoisotopic (exact) mass is 626 g/mol. The molecule has 7 rings (SSSR count). The molecule has 0 unspecified atom stereocenters. The highest BCUT2D eigenvalue weighted by molar-refractivity contribution is 5.93. The maximum absolute atomic E-state index is 14.7. The van der Waals surface area contributed by atoms with E-state index >= 15 is 0 Å². The number of rotatable bonds is 3. The molecule has 15 heteroatoms. The molecule has 2 aliphatic heterocycles. The van der Waals surface area contributed by atoms with E-state index in [1.54, 1.807) is 30.1 Å². The van der Waals surface area contributed by atoms with E-state index in [1.165, 1.54) is 29.3 Å². The van der Waals surface area contributed by atoms with Crippen LogP contribution in [-0.4, -0.2) is 79.2 Å². The van der Waals surface area contributed by atoms with E-state index < -0.39 is 22.6 Å². The summed E-state index contributed by atoms with van der Waals surface area (Å²) in [6.45, 7) is 1.16. The summed E-state index contributed by atoms with van der Waals surface area (Å²) in [4.78, 5) is 42.6. The first-order valence-electron chi connectivity index (χ1n) is 14.7. The molecular weight excluding hydrogens is 598 g/mol. The van der Waals surface area contributed by atoms with E-state index in [4.69, 9.17) is 4.98 Å². The SMILES string of the molecule is CN1CCCNc2c(cccc2[N+](=O)[O-])-c2cccc(n2)N[C@H]2C[C@@H](C1=O)N(c1ncnc3c1cnn3-c1ccc(F)cc1F)C2. The Hall–Kier alpha value is -5.73. The van der Waals surface area contributed by atoms with Crippen molar-refractivity contribution in [3.05, 3.63) is 88.9 Å². The van der Waals surface area contributed by atoms with Crippen molar-refractivity contribution in [3.8, 4) is 16.9 Å². The van der Waals surface area contributed by atoms with Crippen molar-refractivity contribution >= 4 is 40.0 Å². The average Bonchev–Trinajstić information content (AvgIpc) is 3.67. The molecule has 2 aliphatic rings. The fourth-order valence-electron chi connectivity index (χ4n) is 6.16. The minimum Gasteiger partial charge on any atom is -0.379 e. The molecule has 0 spiro atoms. The summed E-state index contributed by atoms with van der Waals surface area (Å²) in [6, 6.07) is 12.7. The second kappa shape index (κ2) is 11.6. The molecule has 3 aromatic heterocycles. The molecule has 0 aliphatic carbocycles. The second-order valence-electron chi connectivity index (χ2n) is 11.2. The molecule has 1 amide bonds. The Morgan fingerprint density at radius 2 is 1.93 bits per heavy atom. The van der Waals surface area contributed by atoms with Crippen molar-refractivity contribution in [1.29, 1.82) is 0 Å². The van der Waals surface area contributed by atoms with Gasteiger partial charge in [0.1, 0.15) is 41.2 Å². The van der Waals surface area contributed by atoms with Crippen LogP contribution in [0.1, 0.15) is 12.8 Å². The van der Waals surface area contributed by atoms with Gasteiger partial charge in [0.2, 0.25) is 5.91 Å². The third kappa shape index (κ3) is 5.18. The van der Waals surface area contributed by atoms with Crippen LogP contribution < -0.4 is 15.5 Å². The number of nitro groups is 1. The summed E-state index contributed by atoms with van der Waals surface area (Å²) in [7, 11) is 1.73. The molecule has 46 heavy (non-hydrogen) atoms. The quantitative estimate of drug-likeness (QED) is 0.218. The second-order valence-corrected chi connectivity index (χ2v) is 11.2. The molecule has 234 valence electrons. The molecule has 5 heterocycles. The van der Waals surface area contributed by atoms with E-state index in [1.807, 2.05) is 17.0 Å². The molecule has 2 aromatic carbocycles. The third-order valence-corrected chi connectivity index (χ3v) is 8.31. The normalized spacial score (nSPS) is 18.4. The number of aromatic nitrogens is 5. The fraction of sp³-hybridized carbons (Fsp3) is 0.258. The van der Waals surface area contributed by atoms with Crippen LogP contribution in [0.25, 0.3) is 28.0 Å². The molecule has 0 radical (unpaired) electrons. The largest absolute Gasteiger partial charge is 0.379 e. The number of pyridine rings is 1. The van der Waals surface area contributed by atoms with Crippen molar-refractivity contribution in [2.45, 2.75) is 24.9 Å². The summed E-state index contributed by atoms with van der Waals surface area (Å²) in [5, 5.41) is 23.4. The van der Waals surface area contributed by atoms with Gasteiger partial charge >= 0.3 is 0 Å². The van der Waals surface area contributed by atoms with Crippen LogP contribution in [-0.2, 0) is 4.79 Å². The number of nitro benzene ring substituents is 1. The first kappa shape index (κ1) is 29.0. The van der Waals surface area contributed by atoms with Crippen LogP contribution in [0.4, 0.5) is 31.8 Å². The van der Waals surface area contributed by atoms with Crippen LogP contribution in [0.2, 0.25) is 0 Å². The number of halogens is 2. The van der Waals surface area contributed by atoms with Crippen molar-refractivity contribution in [1.82, 2.24) is 29.6 Å². The summed E-state index contributed by atoms with van der Waals surface area (Å²) in [5.41, 5.74) is 1.82. The molecule has 2 N–H and O–H groups in total. The Kier molecular flexibility index (Phi) is 7.34. The number of amides is 1. The van der Waals surface area contributed by atoms with Crippen molar-refractivity contribution in [2.24, 2.45) is 0 Å². The van der Waals surface area contributed by atoms with Crippen LogP contribution in [0.15, 0.2) is 67.1 Å². The number of fused-ring (bicyclic) bond motifs is 7. The molecule has 0 saturated carbocycles. The molecule has 5 aromatic rings. The molecular formula is C31H28F2N10O3. The van der Waals surface area contributed by atoms with E-state index in [0.717, 1.165) is 12.1 Å². The van der Waals surface area contributed by atoms with Crippen molar-refractivity contribution in [2.75, 3.05) is 42.2 Å². The Balaban J connectivity index is 1.27. The van der Waals surface area contributed by atoms with Crippen LogP contribution in [0, 0.1) is 21.7 Å². The molecule has 2 atom stereocenters. The first-order valence-corrected chi connectivity index (χ1v) is 14.7. The van der Waals surface area contributed by atoms with Gasteiger partial charge in [-0.05, 0) is 37.1 Å². The zero-order valence-electron chi connectivity index (χ0n) is 24.6. The predicted octanol–water partition coefficient (Wildman–Crippen LogP) is 4.40. The molecule has 1 fully saturated rings. The fourth-order valence-corrected chi connectivity index (χ4v) is 6.16. The first-order chi connectivity index (χ1) is 22.3. The number of nitrogens with one attached hydrogen (secondary N) is 2. The average molecular weight is 627 g/mol. The molecule has 13 nitrogen and oxygen atoms in total. The van der Waals surface area contributed by atoms with Gasteiger partial charge in [-0.1, -0.05) is 18.2 Å². The van der Waals surface area contributed by atoms with Crippen LogP contribution in [0.5, 0.6) is 0 Å². The highest BCUT2D eigenvalue weighted by Gasteiger charge is 2.40. The van der Waals surface area contributed by atoms with E-state index in [0.29, 0.717) is 72.1 Å². The Bertz CT molecular complexity index is 1990. The zero-order valence-corrected chi connectivity index (χ0v) is 24.6. The smallest absolute Gasteiger partial charge is 0.293 e. The Morgan fingerprint density at radius 3 is 2.76 bits per heavy atom. The van der Waals surface area contributed by atoms with Gasteiger partial charge in [0.05, 0.1) is 22.2 Å². The number of likely N-dealkylation sites (N-methyl/N-ethyl adjacent to an activating group) is 1. The molecule has 1 saturated heterocycles.